The maximum Gasteiger partial charge on any atom is 0.327 e. The van der Waals surface area contributed by atoms with Crippen LogP contribution in [0.15, 0.2) is 18.7 Å². The maximum absolute atomic E-state index is 11.9. The van der Waals surface area contributed by atoms with Gasteiger partial charge in [0.05, 0.1) is 11.4 Å². The first-order valence-electron chi connectivity index (χ1n) is 4.56. The molecule has 1 atom stereocenters. The molecule has 1 N–H and O–H groups in total. The summed E-state index contributed by atoms with van der Waals surface area (Å²) in [5, 5.41) is 8.94. The Balaban J connectivity index is 2.19. The van der Waals surface area contributed by atoms with E-state index in [9.17, 15) is 9.59 Å². The van der Waals surface area contributed by atoms with Crippen molar-refractivity contribution in [1.29, 1.82) is 0 Å². The highest BCUT2D eigenvalue weighted by molar-refractivity contribution is 7.99. The van der Waals surface area contributed by atoms with Gasteiger partial charge in [-0.05, 0) is 0 Å². The molecule has 1 aliphatic rings. The molecule has 0 bridgehead atoms. The number of carbonyl (C=O) groups is 2. The van der Waals surface area contributed by atoms with E-state index >= 15 is 0 Å². The van der Waals surface area contributed by atoms with E-state index < -0.39 is 12.0 Å². The highest BCUT2D eigenvalue weighted by Gasteiger charge is 2.35. The molecule has 1 saturated heterocycles. The van der Waals surface area contributed by atoms with Gasteiger partial charge in [0.15, 0.2) is 0 Å². The van der Waals surface area contributed by atoms with Gasteiger partial charge in [-0.3, -0.25) is 4.79 Å². The Morgan fingerprint density at radius 2 is 2.12 bits per heavy atom. The second kappa shape index (κ2) is 4.48. The van der Waals surface area contributed by atoms with Gasteiger partial charge < -0.3 is 10.0 Å². The van der Waals surface area contributed by atoms with Crippen molar-refractivity contribution < 1.29 is 14.7 Å². The van der Waals surface area contributed by atoms with Crippen LogP contribution in [-0.4, -0.2) is 49.5 Å². The van der Waals surface area contributed by atoms with Gasteiger partial charge in [-0.15, -0.1) is 11.8 Å². The zero-order valence-electron chi connectivity index (χ0n) is 8.24. The Bertz CT molecular complexity index is 412. The zero-order chi connectivity index (χ0) is 11.5. The fourth-order valence-corrected chi connectivity index (χ4v) is 2.57. The highest BCUT2D eigenvalue weighted by atomic mass is 32.2. The van der Waals surface area contributed by atoms with E-state index in [1.165, 1.54) is 35.4 Å². The molecule has 1 aromatic rings. The van der Waals surface area contributed by atoms with Crippen molar-refractivity contribution in [3.8, 4) is 0 Å². The van der Waals surface area contributed by atoms with Crippen LogP contribution in [0.5, 0.6) is 0 Å². The SMILES string of the molecule is O=C(O)C1CSCN1C(=O)c1cncnc1. The van der Waals surface area contributed by atoms with Crippen LogP contribution in [0.25, 0.3) is 0 Å². The number of aliphatic carboxylic acids is 1. The molecule has 0 spiro atoms. The van der Waals surface area contributed by atoms with Gasteiger partial charge in [0, 0.05) is 18.1 Å². The first kappa shape index (κ1) is 10.9. The summed E-state index contributed by atoms with van der Waals surface area (Å²) in [5.41, 5.74) is 0.316. The first-order chi connectivity index (χ1) is 7.70. The number of aromatic nitrogens is 2. The molecule has 16 heavy (non-hydrogen) atoms. The lowest BCUT2D eigenvalue weighted by molar-refractivity contribution is -0.140. The Hall–Kier alpha value is -1.63. The number of carboxylic acids is 1. The lowest BCUT2D eigenvalue weighted by atomic mass is 10.2. The van der Waals surface area contributed by atoms with E-state index in [0.717, 1.165) is 0 Å². The van der Waals surface area contributed by atoms with E-state index in [4.69, 9.17) is 5.11 Å². The molecule has 84 valence electrons. The van der Waals surface area contributed by atoms with Crippen molar-refractivity contribution in [1.82, 2.24) is 14.9 Å². The quantitative estimate of drug-likeness (QED) is 0.786. The Morgan fingerprint density at radius 3 is 2.75 bits per heavy atom. The van der Waals surface area contributed by atoms with Crippen molar-refractivity contribution in [2.24, 2.45) is 0 Å². The summed E-state index contributed by atoms with van der Waals surface area (Å²) in [4.78, 5) is 31.6. The summed E-state index contributed by atoms with van der Waals surface area (Å²) < 4.78 is 0. The molecule has 2 heterocycles. The molecule has 1 aliphatic heterocycles. The minimum absolute atomic E-state index is 0.316. The van der Waals surface area contributed by atoms with Crippen LogP contribution in [-0.2, 0) is 4.79 Å². The Labute approximate surface area is 95.7 Å². The van der Waals surface area contributed by atoms with E-state index in [0.29, 0.717) is 17.2 Å². The molecular weight excluding hydrogens is 230 g/mol. The minimum atomic E-state index is -0.977. The van der Waals surface area contributed by atoms with Gasteiger partial charge in [0.1, 0.15) is 12.4 Å². The molecule has 0 aromatic carbocycles. The summed E-state index contributed by atoms with van der Waals surface area (Å²) >= 11 is 1.43. The van der Waals surface area contributed by atoms with Crippen molar-refractivity contribution in [3.63, 3.8) is 0 Å². The minimum Gasteiger partial charge on any atom is -0.480 e. The number of carbonyl (C=O) groups excluding carboxylic acids is 1. The van der Waals surface area contributed by atoms with Gasteiger partial charge in [-0.1, -0.05) is 0 Å². The van der Waals surface area contributed by atoms with Crippen LogP contribution in [0, 0.1) is 0 Å². The molecule has 7 heteroatoms. The van der Waals surface area contributed by atoms with Crippen LogP contribution >= 0.6 is 11.8 Å². The van der Waals surface area contributed by atoms with Gasteiger partial charge >= 0.3 is 5.97 Å². The lowest BCUT2D eigenvalue weighted by Gasteiger charge is -2.19. The second-order valence-corrected chi connectivity index (χ2v) is 4.26. The Morgan fingerprint density at radius 1 is 1.44 bits per heavy atom. The second-order valence-electron chi connectivity index (χ2n) is 3.26. The number of carboxylic acid groups (broad SMARTS) is 1. The molecule has 6 nitrogen and oxygen atoms in total. The number of thioether (sulfide) groups is 1. The number of rotatable bonds is 2. The van der Waals surface area contributed by atoms with E-state index in [2.05, 4.69) is 9.97 Å². The predicted octanol–water partition coefficient (Wildman–Crippen LogP) is 0.0763. The summed E-state index contributed by atoms with van der Waals surface area (Å²) in [7, 11) is 0. The standard InChI is InChI=1S/C9H9N3O3S/c13-8(6-1-10-4-11-2-6)12-5-16-3-7(12)9(14)15/h1-2,4,7H,3,5H2,(H,14,15). The average Bonchev–Trinajstić information content (AvgIpc) is 2.78. The fourth-order valence-electron chi connectivity index (χ4n) is 1.42. The van der Waals surface area contributed by atoms with E-state index in [1.807, 2.05) is 0 Å². The summed E-state index contributed by atoms with van der Waals surface area (Å²) in [6.45, 7) is 0. The zero-order valence-corrected chi connectivity index (χ0v) is 9.05. The van der Waals surface area contributed by atoms with Crippen LogP contribution in [0.2, 0.25) is 0 Å². The van der Waals surface area contributed by atoms with Crippen LogP contribution < -0.4 is 0 Å². The molecule has 0 aliphatic carbocycles. The van der Waals surface area contributed by atoms with Gasteiger partial charge in [-0.2, -0.15) is 0 Å². The molecule has 1 fully saturated rings. The molecule has 0 saturated carbocycles. The highest BCUT2D eigenvalue weighted by Crippen LogP contribution is 2.22. The number of amides is 1. The van der Waals surface area contributed by atoms with Crippen molar-refractivity contribution >= 4 is 23.6 Å². The van der Waals surface area contributed by atoms with E-state index in [1.54, 1.807) is 0 Å². The van der Waals surface area contributed by atoms with Crippen LogP contribution in [0.3, 0.4) is 0 Å². The smallest absolute Gasteiger partial charge is 0.327 e. The molecule has 1 aromatic heterocycles. The largest absolute Gasteiger partial charge is 0.480 e. The third kappa shape index (κ3) is 1.99. The fraction of sp³-hybridized carbons (Fsp3) is 0.333. The summed E-state index contributed by atoms with van der Waals surface area (Å²) in [6, 6.07) is -0.752. The number of hydrogen-bond donors (Lipinski definition) is 1. The van der Waals surface area contributed by atoms with Crippen molar-refractivity contribution in [2.75, 3.05) is 11.6 Å². The van der Waals surface area contributed by atoms with Crippen LogP contribution in [0.1, 0.15) is 10.4 Å². The maximum atomic E-state index is 11.9. The molecule has 2 rings (SSSR count). The molecular formula is C9H9N3O3S. The van der Waals surface area contributed by atoms with Gasteiger partial charge in [-0.25, -0.2) is 14.8 Å². The van der Waals surface area contributed by atoms with Gasteiger partial charge in [0.2, 0.25) is 0 Å². The summed E-state index contributed by atoms with van der Waals surface area (Å²) in [6.07, 6.45) is 4.10. The van der Waals surface area contributed by atoms with E-state index in [-0.39, 0.29) is 5.91 Å². The number of nitrogens with zero attached hydrogens (tertiary/aromatic N) is 3. The molecule has 1 amide bonds. The molecule has 0 radical (unpaired) electrons. The average molecular weight is 239 g/mol. The lowest BCUT2D eigenvalue weighted by Crippen LogP contribution is -2.41. The first-order valence-corrected chi connectivity index (χ1v) is 5.72. The normalized spacial score (nSPS) is 19.8. The number of hydrogen-bond acceptors (Lipinski definition) is 5. The topological polar surface area (TPSA) is 83.4 Å². The van der Waals surface area contributed by atoms with Crippen molar-refractivity contribution in [3.05, 3.63) is 24.3 Å². The summed E-state index contributed by atoms with van der Waals surface area (Å²) in [5.74, 6) is -0.493. The third-order valence-electron chi connectivity index (χ3n) is 2.24. The predicted molar refractivity (Wildman–Crippen MR) is 57.0 cm³/mol. The van der Waals surface area contributed by atoms with Crippen molar-refractivity contribution in [2.45, 2.75) is 6.04 Å². The third-order valence-corrected chi connectivity index (χ3v) is 3.25. The molecule has 1 unspecified atom stereocenters. The van der Waals surface area contributed by atoms with Gasteiger partial charge in [0.25, 0.3) is 5.91 Å². The van der Waals surface area contributed by atoms with Crippen LogP contribution in [0.4, 0.5) is 0 Å². The monoisotopic (exact) mass is 239 g/mol. The Kier molecular flexibility index (Phi) is 3.04.